The lowest BCUT2D eigenvalue weighted by atomic mass is 9.91. The van der Waals surface area contributed by atoms with Crippen molar-refractivity contribution < 1.29 is 19.1 Å². The molecule has 0 unspecified atom stereocenters. The molecule has 7 heteroatoms. The Hall–Kier alpha value is -2.67. The van der Waals surface area contributed by atoms with Crippen LogP contribution in [0.15, 0.2) is 30.3 Å². The van der Waals surface area contributed by atoms with Gasteiger partial charge in [0.1, 0.15) is 4.88 Å². The summed E-state index contributed by atoms with van der Waals surface area (Å²) in [4.78, 5) is 37.6. The summed E-state index contributed by atoms with van der Waals surface area (Å²) in [6.45, 7) is -0.476. The molecule has 0 radical (unpaired) electrons. The Labute approximate surface area is 167 Å². The van der Waals surface area contributed by atoms with Crippen LogP contribution in [0.1, 0.15) is 46.5 Å². The van der Waals surface area contributed by atoms with E-state index in [1.165, 1.54) is 16.9 Å². The van der Waals surface area contributed by atoms with E-state index in [1.807, 2.05) is 18.2 Å². The molecular weight excluding hydrogens is 376 g/mol. The third-order valence-electron chi connectivity index (χ3n) is 5.21. The number of ether oxygens (including phenoxy) is 1. The minimum atomic E-state index is -0.629. The zero-order chi connectivity index (χ0) is 19.5. The Morgan fingerprint density at radius 1 is 1.07 bits per heavy atom. The Kier molecular flexibility index (Phi) is 5.43. The minimum Gasteiger partial charge on any atom is -0.451 e. The maximum Gasteiger partial charge on any atom is 0.348 e. The van der Waals surface area contributed by atoms with Crippen LogP contribution in [0.25, 0.3) is 10.4 Å². The third kappa shape index (κ3) is 4.09. The number of carbonyl (C=O) groups excluding carboxylic acids is 3. The van der Waals surface area contributed by atoms with E-state index in [0.29, 0.717) is 4.88 Å². The van der Waals surface area contributed by atoms with Crippen LogP contribution < -0.4 is 10.6 Å². The third-order valence-corrected chi connectivity index (χ3v) is 6.40. The highest BCUT2D eigenvalue weighted by molar-refractivity contribution is 7.17. The van der Waals surface area contributed by atoms with Crippen LogP contribution >= 0.6 is 11.3 Å². The number of fused-ring (bicyclic) bond motifs is 3. The molecule has 146 valence electrons. The first-order valence-corrected chi connectivity index (χ1v) is 10.4. The highest BCUT2D eigenvalue weighted by Gasteiger charge is 2.23. The lowest BCUT2D eigenvalue weighted by Gasteiger charge is -2.15. The Bertz CT molecular complexity index is 915. The Morgan fingerprint density at radius 3 is 2.64 bits per heavy atom. The van der Waals surface area contributed by atoms with Crippen molar-refractivity contribution in [1.29, 1.82) is 0 Å². The molecule has 0 bridgehead atoms. The lowest BCUT2D eigenvalue weighted by molar-refractivity contribution is -0.123. The van der Waals surface area contributed by atoms with Crippen molar-refractivity contribution >= 4 is 29.2 Å². The summed E-state index contributed by atoms with van der Waals surface area (Å²) in [5.74, 6) is -1.17. The molecule has 1 saturated carbocycles. The van der Waals surface area contributed by atoms with Crippen molar-refractivity contribution in [2.24, 2.45) is 0 Å². The predicted molar refractivity (Wildman–Crippen MR) is 106 cm³/mol. The van der Waals surface area contributed by atoms with Crippen molar-refractivity contribution in [1.82, 2.24) is 10.6 Å². The summed E-state index contributed by atoms with van der Waals surface area (Å²) < 4.78 is 5.11. The van der Waals surface area contributed by atoms with E-state index in [0.717, 1.165) is 54.5 Å². The van der Waals surface area contributed by atoms with Crippen LogP contribution in [0.2, 0.25) is 0 Å². The van der Waals surface area contributed by atoms with Crippen LogP contribution in [0.3, 0.4) is 0 Å². The molecule has 0 atom stereocenters. The van der Waals surface area contributed by atoms with Gasteiger partial charge >= 0.3 is 12.0 Å². The van der Waals surface area contributed by atoms with Gasteiger partial charge in [-0.05, 0) is 48.4 Å². The topological polar surface area (TPSA) is 84.5 Å². The molecule has 3 amide bonds. The number of benzene rings is 1. The highest BCUT2D eigenvalue weighted by atomic mass is 32.1. The van der Waals surface area contributed by atoms with Gasteiger partial charge in [0.05, 0.1) is 0 Å². The van der Waals surface area contributed by atoms with E-state index in [9.17, 15) is 14.4 Å². The Morgan fingerprint density at radius 2 is 1.82 bits per heavy atom. The maximum absolute atomic E-state index is 12.4. The monoisotopic (exact) mass is 398 g/mol. The number of hydrogen-bond acceptors (Lipinski definition) is 5. The van der Waals surface area contributed by atoms with Crippen molar-refractivity contribution in [3.05, 3.63) is 46.3 Å². The van der Waals surface area contributed by atoms with Gasteiger partial charge in [-0.1, -0.05) is 37.1 Å². The summed E-state index contributed by atoms with van der Waals surface area (Å²) in [5, 5.41) is 4.97. The van der Waals surface area contributed by atoms with Crippen LogP contribution in [0.4, 0.5) is 4.79 Å². The van der Waals surface area contributed by atoms with Crippen molar-refractivity contribution in [2.75, 3.05) is 6.61 Å². The number of thiophene rings is 1. The van der Waals surface area contributed by atoms with Gasteiger partial charge < -0.3 is 10.1 Å². The molecule has 0 spiro atoms. The number of aryl methyl sites for hydroxylation is 2. The summed E-state index contributed by atoms with van der Waals surface area (Å²) in [7, 11) is 0. The van der Waals surface area contributed by atoms with Gasteiger partial charge in [-0.2, -0.15) is 0 Å². The number of imide groups is 1. The van der Waals surface area contributed by atoms with Crippen molar-refractivity contribution in [3.63, 3.8) is 0 Å². The zero-order valence-electron chi connectivity index (χ0n) is 15.5. The largest absolute Gasteiger partial charge is 0.451 e. The van der Waals surface area contributed by atoms with Gasteiger partial charge in [0.25, 0.3) is 5.91 Å². The van der Waals surface area contributed by atoms with E-state index in [4.69, 9.17) is 4.74 Å². The van der Waals surface area contributed by atoms with Gasteiger partial charge in [0.15, 0.2) is 6.61 Å². The molecule has 1 fully saturated rings. The van der Waals surface area contributed by atoms with Crippen molar-refractivity contribution in [3.8, 4) is 10.4 Å². The maximum atomic E-state index is 12.4. The predicted octanol–water partition coefficient (Wildman–Crippen LogP) is 3.44. The van der Waals surface area contributed by atoms with Gasteiger partial charge in [-0.3, -0.25) is 10.1 Å². The van der Waals surface area contributed by atoms with Gasteiger partial charge in [-0.25, -0.2) is 9.59 Å². The van der Waals surface area contributed by atoms with Gasteiger partial charge in [0, 0.05) is 10.9 Å². The first-order valence-electron chi connectivity index (χ1n) is 9.58. The molecule has 1 aromatic carbocycles. The van der Waals surface area contributed by atoms with E-state index in [1.54, 1.807) is 0 Å². The van der Waals surface area contributed by atoms with E-state index >= 15 is 0 Å². The summed E-state index contributed by atoms with van der Waals surface area (Å²) >= 11 is 1.39. The van der Waals surface area contributed by atoms with Crippen LogP contribution in [-0.2, 0) is 22.4 Å². The standard InChI is InChI=1S/C21H22N2O4S/c24-18(23-21(26)22-15-6-2-3-7-15)12-27-20(25)17-11-14-10-9-13-5-1-4-8-16(13)19(14)28-17/h1,4-5,8,11,15H,2-3,6-7,9-10,12H2,(H2,22,23,24,26). The number of esters is 1. The molecule has 28 heavy (non-hydrogen) atoms. The number of urea groups is 1. The zero-order valence-corrected chi connectivity index (χ0v) is 16.3. The molecule has 1 heterocycles. The van der Waals surface area contributed by atoms with Crippen LogP contribution in [0.5, 0.6) is 0 Å². The number of rotatable bonds is 4. The second kappa shape index (κ2) is 8.14. The first kappa shape index (κ1) is 18.7. The minimum absolute atomic E-state index is 0.121. The number of nitrogens with one attached hydrogen (secondary N) is 2. The van der Waals surface area contributed by atoms with Crippen molar-refractivity contribution in [2.45, 2.75) is 44.6 Å². The average Bonchev–Trinajstić information content (AvgIpc) is 3.35. The molecular formula is C21H22N2O4S. The van der Waals surface area contributed by atoms with Gasteiger partial charge in [0.2, 0.25) is 0 Å². The van der Waals surface area contributed by atoms with E-state index < -0.39 is 24.5 Å². The number of hydrogen-bond donors (Lipinski definition) is 2. The molecule has 6 nitrogen and oxygen atoms in total. The van der Waals surface area contributed by atoms with E-state index in [-0.39, 0.29) is 6.04 Å². The average molecular weight is 398 g/mol. The summed E-state index contributed by atoms with van der Waals surface area (Å²) in [5.41, 5.74) is 3.58. The molecule has 2 N–H and O–H groups in total. The quantitative estimate of drug-likeness (QED) is 0.773. The van der Waals surface area contributed by atoms with Crippen LogP contribution in [-0.4, -0.2) is 30.6 Å². The molecule has 0 saturated heterocycles. The van der Waals surface area contributed by atoms with Crippen LogP contribution in [0, 0.1) is 0 Å². The highest BCUT2D eigenvalue weighted by Crippen LogP contribution is 2.39. The summed E-state index contributed by atoms with van der Waals surface area (Å²) in [6.07, 6.45) is 5.88. The Balaban J connectivity index is 1.32. The fraction of sp³-hybridized carbons (Fsp3) is 0.381. The SMILES string of the molecule is O=C(COC(=O)c1cc2c(s1)-c1ccccc1CC2)NC(=O)NC1CCCC1. The molecule has 1 aromatic heterocycles. The lowest BCUT2D eigenvalue weighted by Crippen LogP contribution is -2.44. The molecule has 4 rings (SSSR count). The number of amides is 3. The summed E-state index contributed by atoms with van der Waals surface area (Å²) in [6, 6.07) is 9.63. The first-order chi connectivity index (χ1) is 13.6. The fourth-order valence-electron chi connectivity index (χ4n) is 3.83. The van der Waals surface area contributed by atoms with Gasteiger partial charge in [-0.15, -0.1) is 11.3 Å². The molecule has 2 aliphatic carbocycles. The second-order valence-corrected chi connectivity index (χ2v) is 8.25. The fourth-order valence-corrected chi connectivity index (χ4v) is 4.99. The number of carbonyl (C=O) groups is 3. The second-order valence-electron chi connectivity index (χ2n) is 7.20. The molecule has 0 aliphatic heterocycles. The van der Waals surface area contributed by atoms with E-state index in [2.05, 4.69) is 22.8 Å². The smallest absolute Gasteiger partial charge is 0.348 e. The normalized spacial score (nSPS) is 15.4. The molecule has 2 aliphatic rings. The molecule has 2 aromatic rings.